The predicted molar refractivity (Wildman–Crippen MR) is 66.9 cm³/mol. The molecular formula is C13H28N2. The minimum absolute atomic E-state index is 0.0228. The van der Waals surface area contributed by atoms with E-state index in [9.17, 15) is 0 Å². The second-order valence-corrected chi connectivity index (χ2v) is 6.00. The molecule has 1 saturated heterocycles. The number of nitrogens with zero attached hydrogens (tertiary/aromatic N) is 1. The molecule has 1 aliphatic rings. The largest absolute Gasteiger partial charge is 0.324 e. The predicted octanol–water partition coefficient (Wildman–Crippen LogP) is 2.48. The number of piperidine rings is 1. The van der Waals surface area contributed by atoms with Crippen molar-refractivity contribution in [2.75, 3.05) is 13.1 Å². The third-order valence-corrected chi connectivity index (χ3v) is 4.09. The summed E-state index contributed by atoms with van der Waals surface area (Å²) in [7, 11) is 0. The summed E-state index contributed by atoms with van der Waals surface area (Å²) in [6, 6.07) is 0.690. The SMILES string of the molecule is CCC(C)(N)CN1CC(C)CC(C)C1C. The van der Waals surface area contributed by atoms with Crippen LogP contribution in [-0.2, 0) is 0 Å². The molecule has 0 saturated carbocycles. The van der Waals surface area contributed by atoms with Crippen molar-refractivity contribution in [3.8, 4) is 0 Å². The fourth-order valence-electron chi connectivity index (χ4n) is 2.62. The summed E-state index contributed by atoms with van der Waals surface area (Å²) in [5, 5.41) is 0. The molecule has 0 amide bonds. The Morgan fingerprint density at radius 3 is 2.47 bits per heavy atom. The van der Waals surface area contributed by atoms with Crippen LogP contribution in [-0.4, -0.2) is 29.6 Å². The van der Waals surface area contributed by atoms with E-state index in [2.05, 4.69) is 39.5 Å². The van der Waals surface area contributed by atoms with Crippen molar-refractivity contribution in [2.24, 2.45) is 17.6 Å². The summed E-state index contributed by atoms with van der Waals surface area (Å²) in [5.74, 6) is 1.63. The smallest absolute Gasteiger partial charge is 0.0252 e. The monoisotopic (exact) mass is 212 g/mol. The van der Waals surface area contributed by atoms with Crippen LogP contribution in [0.15, 0.2) is 0 Å². The molecule has 1 rings (SSSR count). The van der Waals surface area contributed by atoms with Crippen LogP contribution in [0.2, 0.25) is 0 Å². The Morgan fingerprint density at radius 1 is 1.33 bits per heavy atom. The molecule has 1 fully saturated rings. The molecule has 2 nitrogen and oxygen atoms in total. The van der Waals surface area contributed by atoms with Crippen LogP contribution in [0, 0.1) is 11.8 Å². The summed E-state index contributed by atoms with van der Waals surface area (Å²) in [6.45, 7) is 13.7. The van der Waals surface area contributed by atoms with Gasteiger partial charge in [-0.05, 0) is 38.5 Å². The van der Waals surface area contributed by atoms with Crippen LogP contribution in [0.1, 0.15) is 47.5 Å². The second-order valence-electron chi connectivity index (χ2n) is 6.00. The van der Waals surface area contributed by atoms with Gasteiger partial charge in [-0.1, -0.05) is 20.8 Å². The van der Waals surface area contributed by atoms with Crippen molar-refractivity contribution in [1.82, 2.24) is 4.90 Å². The van der Waals surface area contributed by atoms with Gasteiger partial charge in [0.25, 0.3) is 0 Å². The summed E-state index contributed by atoms with van der Waals surface area (Å²) in [4.78, 5) is 2.59. The maximum atomic E-state index is 6.26. The van der Waals surface area contributed by atoms with E-state index in [1.807, 2.05) is 0 Å². The van der Waals surface area contributed by atoms with E-state index in [1.54, 1.807) is 0 Å². The highest BCUT2D eigenvalue weighted by Gasteiger charge is 2.31. The fourth-order valence-corrected chi connectivity index (χ4v) is 2.62. The van der Waals surface area contributed by atoms with Gasteiger partial charge in [-0.2, -0.15) is 0 Å². The van der Waals surface area contributed by atoms with Crippen molar-refractivity contribution in [3.63, 3.8) is 0 Å². The van der Waals surface area contributed by atoms with E-state index in [0.717, 1.165) is 24.8 Å². The molecule has 1 heterocycles. The summed E-state index contributed by atoms with van der Waals surface area (Å²) < 4.78 is 0. The van der Waals surface area contributed by atoms with Gasteiger partial charge in [0.2, 0.25) is 0 Å². The van der Waals surface area contributed by atoms with Gasteiger partial charge in [-0.15, -0.1) is 0 Å². The Hall–Kier alpha value is -0.0800. The lowest BCUT2D eigenvalue weighted by atomic mass is 9.84. The van der Waals surface area contributed by atoms with Crippen LogP contribution < -0.4 is 5.73 Å². The van der Waals surface area contributed by atoms with Crippen molar-refractivity contribution >= 4 is 0 Å². The standard InChI is InChI=1S/C13H28N2/c1-6-13(5,14)9-15-8-10(2)7-11(3)12(15)4/h10-12H,6-9,14H2,1-5H3. The average Bonchev–Trinajstić information content (AvgIpc) is 2.13. The zero-order valence-corrected chi connectivity index (χ0v) is 11.1. The van der Waals surface area contributed by atoms with Gasteiger partial charge in [0.05, 0.1) is 0 Å². The van der Waals surface area contributed by atoms with Crippen LogP contribution in [0.25, 0.3) is 0 Å². The maximum Gasteiger partial charge on any atom is 0.0252 e. The van der Waals surface area contributed by atoms with Crippen molar-refractivity contribution in [3.05, 3.63) is 0 Å². The number of hydrogen-bond donors (Lipinski definition) is 1. The van der Waals surface area contributed by atoms with Crippen molar-refractivity contribution in [1.29, 1.82) is 0 Å². The molecule has 0 aromatic heterocycles. The first-order valence-electron chi connectivity index (χ1n) is 6.38. The lowest BCUT2D eigenvalue weighted by Gasteiger charge is -2.44. The first-order valence-corrected chi connectivity index (χ1v) is 6.38. The number of nitrogens with two attached hydrogens (primary N) is 1. The van der Waals surface area contributed by atoms with Crippen LogP contribution in [0.4, 0.5) is 0 Å². The topological polar surface area (TPSA) is 29.3 Å². The van der Waals surface area contributed by atoms with Gasteiger partial charge in [-0.25, -0.2) is 0 Å². The van der Waals surface area contributed by atoms with E-state index >= 15 is 0 Å². The summed E-state index contributed by atoms with van der Waals surface area (Å²) >= 11 is 0. The van der Waals surface area contributed by atoms with Gasteiger partial charge in [0.1, 0.15) is 0 Å². The highest BCUT2D eigenvalue weighted by Crippen LogP contribution is 2.28. The molecular weight excluding hydrogens is 184 g/mol. The van der Waals surface area contributed by atoms with E-state index in [1.165, 1.54) is 13.0 Å². The lowest BCUT2D eigenvalue weighted by Crippen LogP contribution is -2.54. The summed E-state index contributed by atoms with van der Waals surface area (Å²) in [5.41, 5.74) is 6.24. The van der Waals surface area contributed by atoms with Crippen LogP contribution in [0.5, 0.6) is 0 Å². The molecule has 0 spiro atoms. The summed E-state index contributed by atoms with van der Waals surface area (Å²) in [6.07, 6.45) is 2.42. The van der Waals surface area contributed by atoms with Crippen molar-refractivity contribution in [2.45, 2.75) is 59.0 Å². The Bertz CT molecular complexity index is 201. The van der Waals surface area contributed by atoms with Gasteiger partial charge in [0.15, 0.2) is 0 Å². The first-order chi connectivity index (χ1) is 6.85. The van der Waals surface area contributed by atoms with E-state index in [0.29, 0.717) is 6.04 Å². The highest BCUT2D eigenvalue weighted by atomic mass is 15.2. The van der Waals surface area contributed by atoms with Crippen molar-refractivity contribution < 1.29 is 0 Å². The third-order valence-electron chi connectivity index (χ3n) is 4.09. The van der Waals surface area contributed by atoms with Gasteiger partial charge in [0, 0.05) is 24.7 Å². The van der Waals surface area contributed by atoms with E-state index in [-0.39, 0.29) is 5.54 Å². The maximum absolute atomic E-state index is 6.26. The zero-order chi connectivity index (χ0) is 11.6. The first kappa shape index (κ1) is 13.0. The number of likely N-dealkylation sites (tertiary alicyclic amines) is 1. The second kappa shape index (κ2) is 4.84. The quantitative estimate of drug-likeness (QED) is 0.779. The Morgan fingerprint density at radius 2 is 1.93 bits per heavy atom. The van der Waals surface area contributed by atoms with Gasteiger partial charge in [-0.3, -0.25) is 4.90 Å². The molecule has 2 N–H and O–H groups in total. The Kier molecular flexibility index (Phi) is 4.19. The zero-order valence-electron chi connectivity index (χ0n) is 11.1. The Balaban J connectivity index is 2.59. The highest BCUT2D eigenvalue weighted by molar-refractivity contribution is 4.88. The van der Waals surface area contributed by atoms with Crippen LogP contribution in [0.3, 0.4) is 0 Å². The Labute approximate surface area is 95.2 Å². The van der Waals surface area contributed by atoms with E-state index in [4.69, 9.17) is 5.73 Å². The molecule has 90 valence electrons. The minimum atomic E-state index is -0.0228. The van der Waals surface area contributed by atoms with E-state index < -0.39 is 0 Å². The molecule has 0 aliphatic carbocycles. The third kappa shape index (κ3) is 3.46. The fraction of sp³-hybridized carbons (Fsp3) is 1.00. The molecule has 0 radical (unpaired) electrons. The molecule has 4 atom stereocenters. The van der Waals surface area contributed by atoms with Gasteiger partial charge >= 0.3 is 0 Å². The molecule has 0 bridgehead atoms. The molecule has 1 aliphatic heterocycles. The molecule has 15 heavy (non-hydrogen) atoms. The molecule has 0 aromatic rings. The average molecular weight is 212 g/mol. The molecule has 2 heteroatoms. The minimum Gasteiger partial charge on any atom is -0.324 e. The lowest BCUT2D eigenvalue weighted by molar-refractivity contribution is 0.0602. The van der Waals surface area contributed by atoms with Crippen LogP contribution >= 0.6 is 0 Å². The molecule has 4 unspecified atom stereocenters. The number of rotatable bonds is 3. The van der Waals surface area contributed by atoms with Gasteiger partial charge < -0.3 is 5.73 Å². The number of hydrogen-bond acceptors (Lipinski definition) is 2. The molecule has 0 aromatic carbocycles. The normalized spacial score (nSPS) is 37.6.